The van der Waals surface area contributed by atoms with Crippen LogP contribution in [-0.4, -0.2) is 45.9 Å². The van der Waals surface area contributed by atoms with Crippen molar-refractivity contribution in [3.8, 4) is 0 Å². The van der Waals surface area contributed by atoms with E-state index in [4.69, 9.17) is 0 Å². The average Bonchev–Trinajstić information content (AvgIpc) is 2.61. The first kappa shape index (κ1) is 18.1. The summed E-state index contributed by atoms with van der Waals surface area (Å²) >= 11 is 0. The highest BCUT2D eigenvalue weighted by atomic mass is 16.2. The molecule has 0 spiro atoms. The SMILES string of the molecule is C[C@H]1C[C@H](C)CN(C(=O)CNC(=O)Cn2cnc3ccccc3c2=O)C1. The molecule has 0 bridgehead atoms. The fourth-order valence-corrected chi connectivity index (χ4v) is 3.58. The van der Waals surface area contributed by atoms with Crippen molar-refractivity contribution in [1.29, 1.82) is 0 Å². The van der Waals surface area contributed by atoms with E-state index in [9.17, 15) is 14.4 Å². The topological polar surface area (TPSA) is 84.3 Å². The van der Waals surface area contributed by atoms with E-state index in [1.807, 2.05) is 4.90 Å². The standard InChI is InChI=1S/C19H24N4O3/c1-13-7-14(2)10-22(9-13)18(25)8-20-17(24)11-23-12-21-16-6-4-3-5-15(16)19(23)26/h3-6,12-14H,7-11H2,1-2H3,(H,20,24)/t13-,14-/m0/s1. The number of nitrogens with one attached hydrogen (secondary N) is 1. The minimum atomic E-state index is -0.379. The number of hydrogen-bond donors (Lipinski definition) is 1. The molecule has 1 saturated heterocycles. The van der Waals surface area contributed by atoms with E-state index in [1.54, 1.807) is 24.3 Å². The molecule has 1 N–H and O–H groups in total. The molecule has 7 heteroatoms. The van der Waals surface area contributed by atoms with Crippen LogP contribution in [0.1, 0.15) is 20.3 Å². The van der Waals surface area contributed by atoms with E-state index < -0.39 is 0 Å². The predicted molar refractivity (Wildman–Crippen MR) is 98.5 cm³/mol. The Bertz CT molecular complexity index is 866. The lowest BCUT2D eigenvalue weighted by Gasteiger charge is -2.35. The molecule has 0 aliphatic carbocycles. The Hall–Kier alpha value is -2.70. The number of amides is 2. The van der Waals surface area contributed by atoms with Crippen LogP contribution in [0.2, 0.25) is 0 Å². The molecule has 0 saturated carbocycles. The fourth-order valence-electron chi connectivity index (χ4n) is 3.58. The van der Waals surface area contributed by atoms with Gasteiger partial charge in [-0.3, -0.25) is 19.0 Å². The molecule has 1 aliphatic heterocycles. The zero-order valence-corrected chi connectivity index (χ0v) is 15.1. The van der Waals surface area contributed by atoms with Crippen molar-refractivity contribution in [2.24, 2.45) is 11.8 Å². The summed E-state index contributed by atoms with van der Waals surface area (Å²) in [6.45, 7) is 5.52. The van der Waals surface area contributed by atoms with E-state index in [-0.39, 0.29) is 30.5 Å². The average molecular weight is 356 g/mol. The van der Waals surface area contributed by atoms with Crippen LogP contribution in [0.4, 0.5) is 0 Å². The van der Waals surface area contributed by atoms with Crippen molar-refractivity contribution < 1.29 is 9.59 Å². The van der Waals surface area contributed by atoms with E-state index in [2.05, 4.69) is 24.1 Å². The van der Waals surface area contributed by atoms with Crippen LogP contribution >= 0.6 is 0 Å². The first-order valence-corrected chi connectivity index (χ1v) is 8.92. The summed E-state index contributed by atoms with van der Waals surface area (Å²) in [4.78, 5) is 42.9. The molecule has 0 unspecified atom stereocenters. The predicted octanol–water partition coefficient (Wildman–Crippen LogP) is 1.02. The van der Waals surface area contributed by atoms with Crippen molar-refractivity contribution in [1.82, 2.24) is 19.8 Å². The van der Waals surface area contributed by atoms with E-state index >= 15 is 0 Å². The maximum absolute atomic E-state index is 12.4. The number of benzene rings is 1. The minimum absolute atomic E-state index is 0.0476. The number of carbonyl (C=O) groups is 2. The Morgan fingerprint density at radius 2 is 1.88 bits per heavy atom. The van der Waals surface area contributed by atoms with Gasteiger partial charge in [-0.1, -0.05) is 26.0 Å². The maximum atomic E-state index is 12.4. The first-order chi connectivity index (χ1) is 12.4. The molecular weight excluding hydrogens is 332 g/mol. The molecule has 3 rings (SSSR count). The summed E-state index contributed by atoms with van der Waals surface area (Å²) in [5.74, 6) is 0.484. The van der Waals surface area contributed by atoms with Gasteiger partial charge in [0.05, 0.1) is 23.8 Å². The maximum Gasteiger partial charge on any atom is 0.261 e. The Balaban J connectivity index is 1.58. The van der Waals surface area contributed by atoms with Gasteiger partial charge in [-0.05, 0) is 30.4 Å². The van der Waals surface area contributed by atoms with Crippen molar-refractivity contribution in [2.75, 3.05) is 19.6 Å². The zero-order valence-electron chi connectivity index (χ0n) is 15.1. The highest BCUT2D eigenvalue weighted by Gasteiger charge is 2.25. The number of hydrogen-bond acceptors (Lipinski definition) is 4. The summed E-state index contributed by atoms with van der Waals surface area (Å²) < 4.78 is 1.26. The molecule has 2 heterocycles. The molecule has 1 fully saturated rings. The third kappa shape index (κ3) is 4.09. The molecule has 7 nitrogen and oxygen atoms in total. The molecule has 26 heavy (non-hydrogen) atoms. The van der Waals surface area contributed by atoms with Crippen LogP contribution in [-0.2, 0) is 16.1 Å². The van der Waals surface area contributed by atoms with E-state index in [0.29, 0.717) is 22.7 Å². The largest absolute Gasteiger partial charge is 0.345 e. The molecule has 2 aromatic rings. The third-order valence-electron chi connectivity index (χ3n) is 4.70. The van der Waals surface area contributed by atoms with Crippen molar-refractivity contribution >= 4 is 22.7 Å². The molecule has 0 radical (unpaired) electrons. The van der Waals surface area contributed by atoms with Crippen molar-refractivity contribution in [3.05, 3.63) is 40.9 Å². The Labute approximate surface area is 152 Å². The second kappa shape index (κ2) is 7.68. The van der Waals surface area contributed by atoms with E-state index in [0.717, 1.165) is 19.5 Å². The second-order valence-electron chi connectivity index (χ2n) is 7.22. The summed E-state index contributed by atoms with van der Waals surface area (Å²) in [5.41, 5.74) is 0.327. The van der Waals surface area contributed by atoms with Crippen LogP contribution in [0.5, 0.6) is 0 Å². The Morgan fingerprint density at radius 3 is 2.62 bits per heavy atom. The third-order valence-corrected chi connectivity index (χ3v) is 4.70. The molecule has 138 valence electrons. The zero-order chi connectivity index (χ0) is 18.7. The number of aromatic nitrogens is 2. The smallest absolute Gasteiger partial charge is 0.261 e. The summed E-state index contributed by atoms with van der Waals surface area (Å²) in [5, 5.41) is 3.08. The number of carbonyl (C=O) groups excluding carboxylic acids is 2. The number of piperidine rings is 1. The summed E-state index contributed by atoms with van der Waals surface area (Å²) in [6, 6.07) is 7.00. The lowest BCUT2D eigenvalue weighted by Crippen LogP contribution is -2.47. The van der Waals surface area contributed by atoms with Crippen LogP contribution in [0, 0.1) is 11.8 Å². The second-order valence-corrected chi connectivity index (χ2v) is 7.22. The van der Waals surface area contributed by atoms with Gasteiger partial charge in [-0.2, -0.15) is 0 Å². The quantitative estimate of drug-likeness (QED) is 0.886. The highest BCUT2D eigenvalue weighted by Crippen LogP contribution is 2.20. The Morgan fingerprint density at radius 1 is 1.19 bits per heavy atom. The van der Waals surface area contributed by atoms with Gasteiger partial charge in [0.2, 0.25) is 11.8 Å². The summed E-state index contributed by atoms with van der Waals surface area (Å²) in [6.07, 6.45) is 2.48. The number of fused-ring (bicyclic) bond motifs is 1. The van der Waals surface area contributed by atoms with E-state index in [1.165, 1.54) is 10.9 Å². The first-order valence-electron chi connectivity index (χ1n) is 8.92. The van der Waals surface area contributed by atoms with Crippen LogP contribution in [0.15, 0.2) is 35.4 Å². The van der Waals surface area contributed by atoms with Gasteiger partial charge in [0.25, 0.3) is 5.56 Å². The van der Waals surface area contributed by atoms with Gasteiger partial charge in [-0.15, -0.1) is 0 Å². The highest BCUT2D eigenvalue weighted by molar-refractivity contribution is 5.85. The number of para-hydroxylation sites is 1. The Kier molecular flexibility index (Phi) is 5.35. The number of likely N-dealkylation sites (tertiary alicyclic amines) is 1. The van der Waals surface area contributed by atoms with Crippen LogP contribution < -0.4 is 10.9 Å². The number of nitrogens with zero attached hydrogens (tertiary/aromatic N) is 3. The van der Waals surface area contributed by atoms with Gasteiger partial charge in [0.15, 0.2) is 0 Å². The molecule has 2 atom stereocenters. The molecule has 1 aromatic heterocycles. The lowest BCUT2D eigenvalue weighted by molar-refractivity contribution is -0.135. The molecule has 1 aromatic carbocycles. The summed E-state index contributed by atoms with van der Waals surface area (Å²) in [7, 11) is 0. The van der Waals surface area contributed by atoms with Gasteiger partial charge in [0.1, 0.15) is 6.54 Å². The fraction of sp³-hybridized carbons (Fsp3) is 0.474. The van der Waals surface area contributed by atoms with Gasteiger partial charge in [-0.25, -0.2) is 4.98 Å². The molecular formula is C19H24N4O3. The van der Waals surface area contributed by atoms with Crippen molar-refractivity contribution in [3.63, 3.8) is 0 Å². The van der Waals surface area contributed by atoms with Gasteiger partial charge < -0.3 is 10.2 Å². The minimum Gasteiger partial charge on any atom is -0.345 e. The molecule has 2 amide bonds. The lowest BCUT2D eigenvalue weighted by atomic mass is 9.92. The van der Waals surface area contributed by atoms with Crippen LogP contribution in [0.25, 0.3) is 10.9 Å². The monoisotopic (exact) mass is 356 g/mol. The van der Waals surface area contributed by atoms with Crippen molar-refractivity contribution in [2.45, 2.75) is 26.8 Å². The normalized spacial score (nSPS) is 20.2. The van der Waals surface area contributed by atoms with Gasteiger partial charge >= 0.3 is 0 Å². The van der Waals surface area contributed by atoms with Crippen LogP contribution in [0.3, 0.4) is 0 Å². The number of rotatable bonds is 4. The van der Waals surface area contributed by atoms with Gasteiger partial charge in [0, 0.05) is 13.1 Å². The molecule has 1 aliphatic rings.